The molecule has 0 spiro atoms. The lowest BCUT2D eigenvalue weighted by molar-refractivity contribution is -0.137. The Morgan fingerprint density at radius 2 is 1.77 bits per heavy atom. The Hall–Kier alpha value is -3.11. The Bertz CT molecular complexity index is 1340. The highest BCUT2D eigenvalue weighted by Gasteiger charge is 2.46. The summed E-state index contributed by atoms with van der Waals surface area (Å²) in [5.74, 6) is 1.38. The molecule has 0 saturated heterocycles. The minimum absolute atomic E-state index is 0.00553. The van der Waals surface area contributed by atoms with Gasteiger partial charge in [0.15, 0.2) is 17.2 Å². The molecule has 10 heteroatoms. The SMILES string of the molecule is COc1cc(Br)nc(C(=O)NC2CC3CC2CC3COCc2cccc(C(F)(F)F)c2)c1OCc1ccccc1. The van der Waals surface area contributed by atoms with Crippen molar-refractivity contribution in [2.75, 3.05) is 13.7 Å². The number of halogens is 4. The summed E-state index contributed by atoms with van der Waals surface area (Å²) >= 11 is 3.36. The van der Waals surface area contributed by atoms with Crippen molar-refractivity contribution in [3.8, 4) is 11.5 Å². The number of benzene rings is 2. The summed E-state index contributed by atoms with van der Waals surface area (Å²) in [5, 5.41) is 3.16. The van der Waals surface area contributed by atoms with Gasteiger partial charge in [-0.2, -0.15) is 13.2 Å². The van der Waals surface area contributed by atoms with Crippen molar-refractivity contribution in [2.45, 2.75) is 44.7 Å². The molecule has 1 N–H and O–H groups in total. The molecule has 212 valence electrons. The van der Waals surface area contributed by atoms with Crippen LogP contribution in [0.2, 0.25) is 0 Å². The second kappa shape index (κ2) is 12.2. The van der Waals surface area contributed by atoms with Crippen molar-refractivity contribution < 1.29 is 32.2 Å². The van der Waals surface area contributed by atoms with Crippen LogP contribution in [0.1, 0.15) is 46.4 Å². The first-order chi connectivity index (χ1) is 19.2. The van der Waals surface area contributed by atoms with E-state index in [1.165, 1.54) is 13.2 Å². The fourth-order valence-corrected chi connectivity index (χ4v) is 6.22. The predicted octanol–water partition coefficient (Wildman–Crippen LogP) is 6.81. The molecule has 1 aromatic heterocycles. The molecule has 2 aliphatic rings. The third kappa shape index (κ3) is 6.61. The number of aromatic nitrogens is 1. The molecule has 6 nitrogen and oxygen atoms in total. The summed E-state index contributed by atoms with van der Waals surface area (Å²) in [4.78, 5) is 17.8. The monoisotopic (exact) mass is 618 g/mol. The second-order valence-electron chi connectivity index (χ2n) is 10.4. The number of carbonyl (C=O) groups is 1. The summed E-state index contributed by atoms with van der Waals surface area (Å²) in [5.41, 5.74) is 0.947. The van der Waals surface area contributed by atoms with Crippen LogP contribution in [0.5, 0.6) is 11.5 Å². The lowest BCUT2D eigenvalue weighted by Gasteiger charge is -2.28. The van der Waals surface area contributed by atoms with Crippen molar-refractivity contribution in [1.82, 2.24) is 10.3 Å². The van der Waals surface area contributed by atoms with Gasteiger partial charge < -0.3 is 19.5 Å². The van der Waals surface area contributed by atoms with Crippen LogP contribution in [-0.2, 0) is 24.1 Å². The van der Waals surface area contributed by atoms with E-state index in [-0.39, 0.29) is 36.6 Å². The van der Waals surface area contributed by atoms with Crippen molar-refractivity contribution >= 4 is 21.8 Å². The fraction of sp³-hybridized carbons (Fsp3) is 0.400. The molecular weight excluding hydrogens is 589 g/mol. The Kier molecular flexibility index (Phi) is 8.65. The van der Waals surface area contributed by atoms with Crippen LogP contribution in [0.4, 0.5) is 13.2 Å². The number of nitrogens with zero attached hydrogens (tertiary/aromatic N) is 1. The average molecular weight is 619 g/mol. The van der Waals surface area contributed by atoms with Gasteiger partial charge in [-0.05, 0) is 76.2 Å². The Morgan fingerprint density at radius 3 is 2.48 bits per heavy atom. The first-order valence-electron chi connectivity index (χ1n) is 13.2. The van der Waals surface area contributed by atoms with E-state index in [1.807, 2.05) is 30.3 Å². The molecule has 0 aliphatic heterocycles. The number of amides is 1. The molecule has 5 rings (SSSR count). The van der Waals surface area contributed by atoms with Crippen LogP contribution in [0, 0.1) is 17.8 Å². The van der Waals surface area contributed by atoms with Gasteiger partial charge in [-0.15, -0.1) is 0 Å². The van der Waals surface area contributed by atoms with E-state index >= 15 is 0 Å². The first kappa shape index (κ1) is 28.4. The average Bonchev–Trinajstić information content (AvgIpc) is 3.52. The van der Waals surface area contributed by atoms with Gasteiger partial charge in [0.25, 0.3) is 5.91 Å². The van der Waals surface area contributed by atoms with E-state index in [9.17, 15) is 18.0 Å². The molecule has 1 heterocycles. The van der Waals surface area contributed by atoms with Gasteiger partial charge in [0.2, 0.25) is 0 Å². The zero-order valence-corrected chi connectivity index (χ0v) is 23.5. The Balaban J connectivity index is 1.17. The maximum absolute atomic E-state index is 13.4. The standard InChI is InChI=1S/C30H30BrF3N2O4/c1-38-25-14-26(31)36-27(28(25)40-16-18-6-3-2-4-7-18)29(37)35-24-13-20-11-21(24)12-22(20)17-39-15-19-8-5-9-23(10-19)30(32,33)34/h2-10,14,20-22,24H,11-13,15-17H2,1H3,(H,35,37). The van der Waals surface area contributed by atoms with Gasteiger partial charge in [0.05, 0.1) is 25.9 Å². The molecule has 4 atom stereocenters. The highest BCUT2D eigenvalue weighted by Crippen LogP contribution is 2.49. The molecular formula is C30H30BrF3N2O4. The molecule has 1 amide bonds. The molecule has 4 unspecified atom stereocenters. The molecule has 40 heavy (non-hydrogen) atoms. The lowest BCUT2D eigenvalue weighted by Crippen LogP contribution is -2.40. The summed E-state index contributed by atoms with van der Waals surface area (Å²) in [7, 11) is 1.52. The molecule has 2 bridgehead atoms. The van der Waals surface area contributed by atoms with E-state index < -0.39 is 11.7 Å². The highest BCUT2D eigenvalue weighted by atomic mass is 79.9. The second-order valence-corrected chi connectivity index (χ2v) is 11.2. The maximum Gasteiger partial charge on any atom is 0.416 e. The number of carbonyl (C=O) groups excluding carboxylic acids is 1. The minimum atomic E-state index is -4.37. The number of alkyl halides is 3. The van der Waals surface area contributed by atoms with Gasteiger partial charge in [-0.3, -0.25) is 4.79 Å². The zero-order chi connectivity index (χ0) is 28.3. The van der Waals surface area contributed by atoms with Crippen LogP contribution >= 0.6 is 15.9 Å². The number of rotatable bonds is 10. The van der Waals surface area contributed by atoms with E-state index in [0.717, 1.165) is 37.0 Å². The van der Waals surface area contributed by atoms with Crippen molar-refractivity contribution in [3.05, 3.63) is 87.7 Å². The summed E-state index contributed by atoms with van der Waals surface area (Å²) in [6.07, 6.45) is -1.68. The minimum Gasteiger partial charge on any atom is -0.493 e. The number of methoxy groups -OCH3 is 1. The van der Waals surface area contributed by atoms with Gasteiger partial charge in [-0.1, -0.05) is 42.5 Å². The van der Waals surface area contributed by atoms with Crippen molar-refractivity contribution in [3.63, 3.8) is 0 Å². The third-order valence-electron chi connectivity index (χ3n) is 7.74. The molecule has 2 saturated carbocycles. The summed E-state index contributed by atoms with van der Waals surface area (Å²) in [6, 6.07) is 16.5. The van der Waals surface area contributed by atoms with Crippen LogP contribution in [0.3, 0.4) is 0 Å². The third-order valence-corrected chi connectivity index (χ3v) is 8.15. The first-order valence-corrected chi connectivity index (χ1v) is 14.0. The van der Waals surface area contributed by atoms with Gasteiger partial charge in [0.1, 0.15) is 11.2 Å². The smallest absolute Gasteiger partial charge is 0.416 e. The van der Waals surface area contributed by atoms with E-state index in [4.69, 9.17) is 14.2 Å². The molecule has 2 fully saturated rings. The van der Waals surface area contributed by atoms with Crippen molar-refractivity contribution in [1.29, 1.82) is 0 Å². The zero-order valence-electron chi connectivity index (χ0n) is 21.9. The number of hydrogen-bond donors (Lipinski definition) is 1. The van der Waals surface area contributed by atoms with Crippen molar-refractivity contribution in [2.24, 2.45) is 17.8 Å². The van der Waals surface area contributed by atoms with E-state index in [1.54, 1.807) is 12.1 Å². The predicted molar refractivity (Wildman–Crippen MR) is 146 cm³/mol. The lowest BCUT2D eigenvalue weighted by atomic mass is 9.86. The topological polar surface area (TPSA) is 69.7 Å². The molecule has 0 radical (unpaired) electrons. The summed E-state index contributed by atoms with van der Waals surface area (Å²) in [6.45, 7) is 0.886. The highest BCUT2D eigenvalue weighted by molar-refractivity contribution is 9.10. The molecule has 2 aliphatic carbocycles. The van der Waals surface area contributed by atoms with Crippen LogP contribution in [0.15, 0.2) is 65.3 Å². The van der Waals surface area contributed by atoms with E-state index in [0.29, 0.717) is 40.3 Å². The van der Waals surface area contributed by atoms with Crippen LogP contribution in [-0.4, -0.2) is 30.6 Å². The number of hydrogen-bond acceptors (Lipinski definition) is 5. The van der Waals surface area contributed by atoms with E-state index in [2.05, 4.69) is 26.2 Å². The normalized spacial score (nSPS) is 21.8. The Morgan fingerprint density at radius 1 is 1.00 bits per heavy atom. The van der Waals surface area contributed by atoms with Crippen LogP contribution in [0.25, 0.3) is 0 Å². The van der Waals surface area contributed by atoms with Gasteiger partial charge in [0, 0.05) is 12.1 Å². The van der Waals surface area contributed by atoms with Gasteiger partial charge >= 0.3 is 6.18 Å². The number of ether oxygens (including phenoxy) is 3. The Labute approximate surface area is 239 Å². The molecule has 3 aromatic rings. The maximum atomic E-state index is 13.4. The molecule has 2 aromatic carbocycles. The van der Waals surface area contributed by atoms with Gasteiger partial charge in [-0.25, -0.2) is 4.98 Å². The fourth-order valence-electron chi connectivity index (χ4n) is 5.83. The summed E-state index contributed by atoms with van der Waals surface area (Å²) < 4.78 is 56.7. The number of nitrogens with one attached hydrogen (secondary N) is 1. The number of fused-ring (bicyclic) bond motifs is 2. The quantitative estimate of drug-likeness (QED) is 0.253. The number of pyridine rings is 1. The van der Waals surface area contributed by atoms with Crippen LogP contribution < -0.4 is 14.8 Å². The largest absolute Gasteiger partial charge is 0.493 e.